The van der Waals surface area contributed by atoms with Gasteiger partial charge in [0.05, 0.1) is 31.8 Å². The molecular formula is C38H38O8. The fourth-order valence-corrected chi connectivity index (χ4v) is 6.02. The monoisotopic (exact) mass is 622 g/mol. The number of rotatable bonds is 17. The number of benzene rings is 4. The van der Waals surface area contributed by atoms with Crippen molar-refractivity contribution < 1.29 is 37.9 Å². The quantitative estimate of drug-likeness (QED) is 0.115. The van der Waals surface area contributed by atoms with E-state index in [2.05, 4.69) is 48.5 Å². The molecule has 4 aromatic carbocycles. The zero-order valence-corrected chi connectivity index (χ0v) is 25.7. The molecule has 4 heterocycles. The molecular weight excluding hydrogens is 584 g/mol. The van der Waals surface area contributed by atoms with Gasteiger partial charge in [-0.1, -0.05) is 72.8 Å². The first kappa shape index (κ1) is 29.3. The van der Waals surface area contributed by atoms with E-state index in [0.717, 1.165) is 51.9 Å². The van der Waals surface area contributed by atoms with Crippen LogP contribution in [0.5, 0.6) is 23.0 Å². The van der Waals surface area contributed by atoms with Gasteiger partial charge in [0.25, 0.3) is 0 Å². The van der Waals surface area contributed by atoms with E-state index in [4.69, 9.17) is 37.9 Å². The van der Waals surface area contributed by atoms with Crippen LogP contribution in [-0.2, 0) is 30.8 Å². The second kappa shape index (κ2) is 13.0. The van der Waals surface area contributed by atoms with Gasteiger partial charge in [-0.3, -0.25) is 0 Å². The highest BCUT2D eigenvalue weighted by molar-refractivity contribution is 5.63. The summed E-state index contributed by atoms with van der Waals surface area (Å²) in [6.07, 6.45) is 0.975. The zero-order chi connectivity index (χ0) is 30.8. The summed E-state index contributed by atoms with van der Waals surface area (Å²) in [6.45, 7) is 4.79. The van der Waals surface area contributed by atoms with E-state index in [9.17, 15) is 0 Å². The Bertz CT molecular complexity index is 1500. The van der Waals surface area contributed by atoms with Crippen LogP contribution in [0.1, 0.15) is 22.3 Å². The SMILES string of the molecule is c1ccc(OCC2CO2)c(CC(c2ccccc2OCC2CO2)(c2ccccc2OCC2CO2)c2ccccc2OCC2CO2)c1. The molecule has 0 amide bonds. The largest absolute Gasteiger partial charge is 0.491 e. The van der Waals surface area contributed by atoms with Crippen molar-refractivity contribution in [2.24, 2.45) is 0 Å². The highest BCUT2D eigenvalue weighted by atomic mass is 16.6. The van der Waals surface area contributed by atoms with Crippen LogP contribution in [0.3, 0.4) is 0 Å². The Morgan fingerprint density at radius 3 is 1.11 bits per heavy atom. The van der Waals surface area contributed by atoms with E-state index in [-0.39, 0.29) is 24.4 Å². The molecule has 0 bridgehead atoms. The van der Waals surface area contributed by atoms with Crippen LogP contribution in [-0.4, -0.2) is 77.3 Å². The topological polar surface area (TPSA) is 87.0 Å². The molecule has 8 rings (SSSR count). The van der Waals surface area contributed by atoms with Crippen molar-refractivity contribution in [2.75, 3.05) is 52.9 Å². The van der Waals surface area contributed by atoms with Gasteiger partial charge in [0, 0.05) is 16.7 Å². The lowest BCUT2D eigenvalue weighted by Gasteiger charge is -2.39. The fourth-order valence-electron chi connectivity index (χ4n) is 6.02. The second-order valence-corrected chi connectivity index (χ2v) is 12.2. The van der Waals surface area contributed by atoms with Gasteiger partial charge in [0.1, 0.15) is 73.8 Å². The van der Waals surface area contributed by atoms with Crippen LogP contribution in [0.2, 0.25) is 0 Å². The van der Waals surface area contributed by atoms with Crippen molar-refractivity contribution >= 4 is 0 Å². The van der Waals surface area contributed by atoms with Crippen LogP contribution in [0, 0.1) is 0 Å². The lowest BCUT2D eigenvalue weighted by molar-refractivity contribution is 0.248. The average molecular weight is 623 g/mol. The van der Waals surface area contributed by atoms with Crippen LogP contribution < -0.4 is 18.9 Å². The predicted octanol–water partition coefficient (Wildman–Crippen LogP) is 5.37. The van der Waals surface area contributed by atoms with E-state index in [0.29, 0.717) is 52.7 Å². The minimum absolute atomic E-state index is 0.101. The van der Waals surface area contributed by atoms with Gasteiger partial charge in [-0.25, -0.2) is 0 Å². The third-order valence-electron chi connectivity index (χ3n) is 8.78. The number of hydrogen-bond donors (Lipinski definition) is 0. The fraction of sp³-hybridized carbons (Fsp3) is 0.368. The number of hydrogen-bond acceptors (Lipinski definition) is 8. The Kier molecular flexibility index (Phi) is 8.27. The Morgan fingerprint density at radius 1 is 0.435 bits per heavy atom. The Morgan fingerprint density at radius 2 is 0.739 bits per heavy atom. The van der Waals surface area contributed by atoms with Crippen LogP contribution in [0.25, 0.3) is 0 Å². The predicted molar refractivity (Wildman–Crippen MR) is 170 cm³/mol. The molecule has 4 fully saturated rings. The molecule has 238 valence electrons. The first-order valence-corrected chi connectivity index (χ1v) is 16.1. The highest BCUT2D eigenvalue weighted by Crippen LogP contribution is 2.52. The summed E-state index contributed by atoms with van der Waals surface area (Å²) in [4.78, 5) is 0. The summed E-state index contributed by atoms with van der Waals surface area (Å²) >= 11 is 0. The third-order valence-corrected chi connectivity index (χ3v) is 8.78. The molecule has 4 saturated heterocycles. The van der Waals surface area contributed by atoms with Crippen LogP contribution >= 0.6 is 0 Å². The molecule has 0 N–H and O–H groups in total. The highest BCUT2D eigenvalue weighted by Gasteiger charge is 2.44. The normalized spacial score (nSPS) is 23.6. The van der Waals surface area contributed by atoms with Crippen LogP contribution in [0.15, 0.2) is 97.1 Å². The maximum Gasteiger partial charge on any atom is 0.123 e. The van der Waals surface area contributed by atoms with Gasteiger partial charge in [-0.05, 0) is 36.2 Å². The molecule has 4 unspecified atom stereocenters. The molecule has 4 aliphatic rings. The summed E-state index contributed by atoms with van der Waals surface area (Å²) < 4.78 is 48.2. The Hall–Kier alpha value is -4.08. The first-order valence-electron chi connectivity index (χ1n) is 16.1. The molecule has 8 nitrogen and oxygen atoms in total. The molecule has 8 heteroatoms. The molecule has 0 aliphatic carbocycles. The maximum atomic E-state index is 6.57. The van der Waals surface area contributed by atoms with Crippen molar-refractivity contribution in [1.82, 2.24) is 0 Å². The van der Waals surface area contributed by atoms with E-state index in [1.165, 1.54) is 0 Å². The maximum absolute atomic E-state index is 6.57. The van der Waals surface area contributed by atoms with E-state index < -0.39 is 5.41 Å². The molecule has 4 aromatic rings. The number of para-hydroxylation sites is 4. The van der Waals surface area contributed by atoms with Crippen LogP contribution in [0.4, 0.5) is 0 Å². The zero-order valence-electron chi connectivity index (χ0n) is 25.7. The summed E-state index contributed by atoms with van der Waals surface area (Å²) in [5.74, 6) is 3.16. The molecule has 46 heavy (non-hydrogen) atoms. The Labute approximate surface area is 269 Å². The summed E-state index contributed by atoms with van der Waals surface area (Å²) in [7, 11) is 0. The molecule has 0 saturated carbocycles. The molecule has 0 aromatic heterocycles. The molecule has 0 radical (unpaired) electrons. The van der Waals surface area contributed by atoms with Crippen molar-refractivity contribution in [1.29, 1.82) is 0 Å². The molecule has 4 aliphatic heterocycles. The van der Waals surface area contributed by atoms with E-state index in [1.54, 1.807) is 0 Å². The standard InChI is InChI=1S/C38H38O8/c1-5-13-34(43-22-27-18-39-27)26(9-1)17-38(31-10-2-6-14-35(31)44-23-28-19-40-28,32-11-3-7-15-36(32)45-24-29-20-41-29)33-12-4-8-16-37(33)46-25-30-21-42-30/h1-16,27-30H,17-25H2. The minimum atomic E-state index is -0.835. The van der Waals surface area contributed by atoms with E-state index in [1.807, 2.05) is 48.5 Å². The van der Waals surface area contributed by atoms with Gasteiger partial charge in [0.2, 0.25) is 0 Å². The number of ether oxygens (including phenoxy) is 8. The van der Waals surface area contributed by atoms with Gasteiger partial charge >= 0.3 is 0 Å². The molecule has 0 spiro atoms. The van der Waals surface area contributed by atoms with Crippen molar-refractivity contribution in [3.05, 3.63) is 119 Å². The minimum Gasteiger partial charge on any atom is -0.491 e. The van der Waals surface area contributed by atoms with Gasteiger partial charge in [0.15, 0.2) is 0 Å². The Balaban J connectivity index is 1.33. The van der Waals surface area contributed by atoms with Crippen molar-refractivity contribution in [3.8, 4) is 23.0 Å². The summed E-state index contributed by atoms with van der Waals surface area (Å²) in [5, 5.41) is 0. The van der Waals surface area contributed by atoms with Crippen molar-refractivity contribution in [3.63, 3.8) is 0 Å². The van der Waals surface area contributed by atoms with Gasteiger partial charge in [-0.2, -0.15) is 0 Å². The summed E-state index contributed by atoms with van der Waals surface area (Å²) in [5.41, 5.74) is 3.19. The first-order chi connectivity index (χ1) is 22.8. The molecule has 4 atom stereocenters. The van der Waals surface area contributed by atoms with E-state index >= 15 is 0 Å². The van der Waals surface area contributed by atoms with Gasteiger partial charge < -0.3 is 37.9 Å². The third kappa shape index (κ3) is 6.71. The summed E-state index contributed by atoms with van der Waals surface area (Å²) in [6, 6.07) is 33.1. The number of epoxide rings is 4. The van der Waals surface area contributed by atoms with Gasteiger partial charge in [-0.15, -0.1) is 0 Å². The smallest absolute Gasteiger partial charge is 0.123 e. The average Bonchev–Trinajstić information content (AvgIpc) is 3.90. The van der Waals surface area contributed by atoms with Crippen molar-refractivity contribution in [2.45, 2.75) is 36.3 Å². The lowest BCUT2D eigenvalue weighted by Crippen LogP contribution is -2.34. The second-order valence-electron chi connectivity index (χ2n) is 12.2. The lowest BCUT2D eigenvalue weighted by atomic mass is 9.65.